The number of phenolic OH excluding ortho intramolecular Hbond substituents is 1. The zero-order chi connectivity index (χ0) is 12.7. The van der Waals surface area contributed by atoms with Crippen molar-refractivity contribution >= 4 is 6.08 Å². The molecule has 1 heteroatoms. The van der Waals surface area contributed by atoms with Crippen molar-refractivity contribution in [3.63, 3.8) is 0 Å². The second-order valence-corrected chi connectivity index (χ2v) is 4.60. The molecule has 1 N–H and O–H groups in total. The van der Waals surface area contributed by atoms with Crippen molar-refractivity contribution in [2.45, 2.75) is 52.4 Å². The van der Waals surface area contributed by atoms with Crippen LogP contribution in [0.4, 0.5) is 0 Å². The van der Waals surface area contributed by atoms with Gasteiger partial charge in [0.05, 0.1) is 0 Å². The molecule has 0 saturated carbocycles. The summed E-state index contributed by atoms with van der Waals surface area (Å²) in [6.07, 6.45) is 8.35. The smallest absolute Gasteiger partial charge is 0.121 e. The van der Waals surface area contributed by atoms with E-state index in [4.69, 9.17) is 0 Å². The largest absolute Gasteiger partial charge is 0.507 e. The molecule has 0 fully saturated rings. The van der Waals surface area contributed by atoms with Gasteiger partial charge in [-0.05, 0) is 54.5 Å². The number of aromatic hydroxyl groups is 1. The van der Waals surface area contributed by atoms with E-state index in [9.17, 15) is 5.11 Å². The highest BCUT2D eigenvalue weighted by atomic mass is 16.3. The predicted molar refractivity (Wildman–Crippen MR) is 75.4 cm³/mol. The lowest BCUT2D eigenvalue weighted by atomic mass is 9.97. The SMILES string of the molecule is C=Cc1cc(CCCC)c(O)c(CCCC)c1. The van der Waals surface area contributed by atoms with Gasteiger partial charge in [-0.15, -0.1) is 0 Å². The normalized spacial score (nSPS) is 10.5. The average Bonchev–Trinajstić information content (AvgIpc) is 2.36. The molecule has 1 aromatic rings. The third-order valence-corrected chi connectivity index (χ3v) is 3.13. The first-order chi connectivity index (χ1) is 8.22. The molecule has 0 aromatic heterocycles. The summed E-state index contributed by atoms with van der Waals surface area (Å²) < 4.78 is 0. The standard InChI is InChI=1S/C16H24O/c1-4-7-9-14-11-13(6-3)12-15(16(14)17)10-8-5-2/h6,11-12,17H,3-5,7-10H2,1-2H3. The second kappa shape index (κ2) is 7.16. The van der Waals surface area contributed by atoms with Crippen molar-refractivity contribution in [2.75, 3.05) is 0 Å². The summed E-state index contributed by atoms with van der Waals surface area (Å²) in [7, 11) is 0. The molecule has 0 radical (unpaired) electrons. The van der Waals surface area contributed by atoms with Gasteiger partial charge in [0.25, 0.3) is 0 Å². The van der Waals surface area contributed by atoms with Crippen LogP contribution in [0.5, 0.6) is 5.75 Å². The molecule has 0 heterocycles. The Bertz CT molecular complexity index is 337. The van der Waals surface area contributed by atoms with Crippen LogP contribution in [0.3, 0.4) is 0 Å². The van der Waals surface area contributed by atoms with Gasteiger partial charge in [0.2, 0.25) is 0 Å². The van der Waals surface area contributed by atoms with Crippen molar-refractivity contribution in [3.8, 4) is 5.75 Å². The number of hydrogen-bond donors (Lipinski definition) is 1. The summed E-state index contributed by atoms with van der Waals surface area (Å²) in [4.78, 5) is 0. The van der Waals surface area contributed by atoms with Gasteiger partial charge in [-0.1, -0.05) is 39.3 Å². The first-order valence-electron chi connectivity index (χ1n) is 6.70. The van der Waals surface area contributed by atoms with Gasteiger partial charge in [0.15, 0.2) is 0 Å². The van der Waals surface area contributed by atoms with Crippen LogP contribution >= 0.6 is 0 Å². The molecule has 0 spiro atoms. The van der Waals surface area contributed by atoms with Crippen LogP contribution in [-0.2, 0) is 12.8 Å². The van der Waals surface area contributed by atoms with Crippen molar-refractivity contribution < 1.29 is 5.11 Å². The fraction of sp³-hybridized carbons (Fsp3) is 0.500. The summed E-state index contributed by atoms with van der Waals surface area (Å²) >= 11 is 0. The second-order valence-electron chi connectivity index (χ2n) is 4.60. The maximum absolute atomic E-state index is 10.2. The van der Waals surface area contributed by atoms with Crippen LogP contribution in [0.2, 0.25) is 0 Å². The van der Waals surface area contributed by atoms with Gasteiger partial charge in [0.1, 0.15) is 5.75 Å². The topological polar surface area (TPSA) is 20.2 Å². The molecule has 17 heavy (non-hydrogen) atoms. The minimum atomic E-state index is 0.512. The zero-order valence-electron chi connectivity index (χ0n) is 11.1. The highest BCUT2D eigenvalue weighted by Crippen LogP contribution is 2.28. The summed E-state index contributed by atoms with van der Waals surface area (Å²) in [5.41, 5.74) is 3.28. The van der Waals surface area contributed by atoms with E-state index in [0.717, 1.165) is 55.2 Å². The van der Waals surface area contributed by atoms with E-state index in [0.29, 0.717) is 5.75 Å². The van der Waals surface area contributed by atoms with Crippen LogP contribution in [0.1, 0.15) is 56.2 Å². The van der Waals surface area contributed by atoms with Gasteiger partial charge in [-0.3, -0.25) is 0 Å². The van der Waals surface area contributed by atoms with E-state index in [-0.39, 0.29) is 0 Å². The maximum atomic E-state index is 10.2. The Kier molecular flexibility index (Phi) is 5.82. The number of benzene rings is 1. The zero-order valence-corrected chi connectivity index (χ0v) is 11.1. The minimum absolute atomic E-state index is 0.512. The number of unbranched alkanes of at least 4 members (excludes halogenated alkanes) is 2. The van der Waals surface area contributed by atoms with Gasteiger partial charge in [0, 0.05) is 0 Å². The maximum Gasteiger partial charge on any atom is 0.121 e. The van der Waals surface area contributed by atoms with E-state index in [1.807, 2.05) is 6.08 Å². The third kappa shape index (κ3) is 3.92. The van der Waals surface area contributed by atoms with Crippen molar-refractivity contribution in [1.29, 1.82) is 0 Å². The van der Waals surface area contributed by atoms with Crippen LogP contribution in [0, 0.1) is 0 Å². The molecular weight excluding hydrogens is 208 g/mol. The highest BCUT2D eigenvalue weighted by molar-refractivity contribution is 5.55. The van der Waals surface area contributed by atoms with E-state index >= 15 is 0 Å². The van der Waals surface area contributed by atoms with Crippen LogP contribution < -0.4 is 0 Å². The first-order valence-corrected chi connectivity index (χ1v) is 6.70. The first kappa shape index (κ1) is 13.8. The van der Waals surface area contributed by atoms with Gasteiger partial charge >= 0.3 is 0 Å². The molecule has 0 bridgehead atoms. The molecule has 94 valence electrons. The molecular formula is C16H24O. The molecule has 1 nitrogen and oxygen atoms in total. The van der Waals surface area contributed by atoms with E-state index < -0.39 is 0 Å². The number of hydrogen-bond acceptors (Lipinski definition) is 1. The lowest BCUT2D eigenvalue weighted by molar-refractivity contribution is 0.458. The highest BCUT2D eigenvalue weighted by Gasteiger charge is 2.08. The predicted octanol–water partition coefficient (Wildman–Crippen LogP) is 4.72. The summed E-state index contributed by atoms with van der Waals surface area (Å²) in [6.45, 7) is 8.17. The number of phenols is 1. The van der Waals surface area contributed by atoms with Crippen molar-refractivity contribution in [3.05, 3.63) is 35.4 Å². The number of aryl methyl sites for hydroxylation is 2. The Balaban J connectivity index is 2.98. The molecule has 0 aliphatic heterocycles. The van der Waals surface area contributed by atoms with Gasteiger partial charge in [-0.25, -0.2) is 0 Å². The minimum Gasteiger partial charge on any atom is -0.507 e. The van der Waals surface area contributed by atoms with Gasteiger partial charge < -0.3 is 5.11 Å². The Labute approximate surface area is 105 Å². The van der Waals surface area contributed by atoms with E-state index in [1.165, 1.54) is 0 Å². The average molecular weight is 232 g/mol. The van der Waals surface area contributed by atoms with Gasteiger partial charge in [-0.2, -0.15) is 0 Å². The van der Waals surface area contributed by atoms with E-state index in [2.05, 4.69) is 32.6 Å². The molecule has 0 atom stereocenters. The monoisotopic (exact) mass is 232 g/mol. The fourth-order valence-electron chi connectivity index (χ4n) is 2.02. The molecule has 0 saturated heterocycles. The molecule has 0 unspecified atom stereocenters. The van der Waals surface area contributed by atoms with E-state index in [1.54, 1.807) is 0 Å². The lowest BCUT2D eigenvalue weighted by Crippen LogP contribution is -1.94. The summed E-state index contributed by atoms with van der Waals surface area (Å²) in [5.74, 6) is 0.512. The summed E-state index contributed by atoms with van der Waals surface area (Å²) in [5, 5.41) is 10.2. The fourth-order valence-corrected chi connectivity index (χ4v) is 2.02. The Morgan fingerprint density at radius 3 is 1.88 bits per heavy atom. The Hall–Kier alpha value is -1.24. The molecule has 0 aliphatic rings. The van der Waals surface area contributed by atoms with Crippen LogP contribution in [0.15, 0.2) is 18.7 Å². The quantitative estimate of drug-likeness (QED) is 0.721. The summed E-state index contributed by atoms with van der Waals surface area (Å²) in [6, 6.07) is 4.13. The lowest BCUT2D eigenvalue weighted by Gasteiger charge is -2.11. The molecule has 1 rings (SSSR count). The molecule has 1 aromatic carbocycles. The van der Waals surface area contributed by atoms with Crippen molar-refractivity contribution in [2.24, 2.45) is 0 Å². The van der Waals surface area contributed by atoms with Crippen molar-refractivity contribution in [1.82, 2.24) is 0 Å². The molecule has 0 amide bonds. The Morgan fingerprint density at radius 2 is 1.53 bits per heavy atom. The third-order valence-electron chi connectivity index (χ3n) is 3.13. The van der Waals surface area contributed by atoms with Crippen LogP contribution in [0.25, 0.3) is 6.08 Å². The molecule has 0 aliphatic carbocycles. The van der Waals surface area contributed by atoms with Crippen LogP contribution in [-0.4, -0.2) is 5.11 Å². The Morgan fingerprint density at radius 1 is 1.06 bits per heavy atom. The number of rotatable bonds is 7.